The Bertz CT molecular complexity index is 1170. The van der Waals surface area contributed by atoms with Gasteiger partial charge in [0.05, 0.1) is 11.0 Å². The van der Waals surface area contributed by atoms with Crippen molar-refractivity contribution in [2.75, 3.05) is 13.1 Å². The molecule has 37 heavy (non-hydrogen) atoms. The number of likely N-dealkylation sites (tertiary alicyclic amines) is 1. The number of nitrogens with zero attached hydrogens (tertiary/aromatic N) is 3. The minimum Gasteiger partial charge on any atom is -0.444 e. The van der Waals surface area contributed by atoms with E-state index in [2.05, 4.69) is 36.7 Å². The van der Waals surface area contributed by atoms with Gasteiger partial charge < -0.3 is 19.5 Å². The van der Waals surface area contributed by atoms with E-state index < -0.39 is 5.60 Å². The number of ether oxygens (including phenoxy) is 1. The molecule has 1 N–H and O–H groups in total. The lowest BCUT2D eigenvalue weighted by atomic mass is 9.69. The average Bonchev–Trinajstić information content (AvgIpc) is 3.37. The van der Waals surface area contributed by atoms with Gasteiger partial charge >= 0.3 is 6.09 Å². The molecule has 3 atom stereocenters. The summed E-state index contributed by atoms with van der Waals surface area (Å²) in [5, 5.41) is 3.42. The lowest BCUT2D eigenvalue weighted by molar-refractivity contribution is -0.123. The Morgan fingerprint density at radius 3 is 2.43 bits per heavy atom. The smallest absolute Gasteiger partial charge is 0.410 e. The van der Waals surface area contributed by atoms with Crippen LogP contribution in [0.2, 0.25) is 0 Å². The number of aromatic nitrogens is 2. The van der Waals surface area contributed by atoms with E-state index in [-0.39, 0.29) is 34.8 Å². The molecule has 2 amide bonds. The van der Waals surface area contributed by atoms with Gasteiger partial charge in [-0.25, -0.2) is 9.78 Å². The topological polar surface area (TPSA) is 76.5 Å². The van der Waals surface area contributed by atoms with Crippen LogP contribution in [0.3, 0.4) is 0 Å². The second-order valence-corrected chi connectivity index (χ2v) is 13.3. The maximum atomic E-state index is 13.2. The molecule has 1 aromatic carbocycles. The van der Waals surface area contributed by atoms with Crippen molar-refractivity contribution >= 4 is 23.0 Å². The molecule has 7 nitrogen and oxygen atoms in total. The van der Waals surface area contributed by atoms with Crippen LogP contribution in [-0.2, 0) is 16.1 Å². The van der Waals surface area contributed by atoms with Gasteiger partial charge in [0, 0.05) is 38.0 Å². The normalized spacial score (nSPS) is 27.6. The largest absolute Gasteiger partial charge is 0.444 e. The van der Waals surface area contributed by atoms with Crippen LogP contribution in [0.4, 0.5) is 4.79 Å². The van der Waals surface area contributed by atoms with Crippen LogP contribution >= 0.6 is 0 Å². The Kier molecular flexibility index (Phi) is 6.56. The molecule has 2 aliphatic carbocycles. The summed E-state index contributed by atoms with van der Waals surface area (Å²) in [6, 6.07) is 8.46. The quantitative estimate of drug-likeness (QED) is 0.548. The first-order valence-corrected chi connectivity index (χ1v) is 14.1. The molecule has 3 aliphatic rings. The van der Waals surface area contributed by atoms with Crippen molar-refractivity contribution in [1.82, 2.24) is 19.8 Å². The number of carbonyl (C=O) groups is 2. The zero-order chi connectivity index (χ0) is 26.6. The molecule has 0 spiro atoms. The summed E-state index contributed by atoms with van der Waals surface area (Å²) in [5.41, 5.74) is 2.02. The Labute approximate surface area is 221 Å². The Morgan fingerprint density at radius 2 is 1.81 bits per heavy atom. The van der Waals surface area contributed by atoms with E-state index in [1.807, 2.05) is 39.0 Å². The third kappa shape index (κ3) is 4.74. The minimum atomic E-state index is -0.492. The molecule has 1 aliphatic heterocycles. The Hall–Kier alpha value is -2.57. The number of imidazole rings is 1. The highest BCUT2D eigenvalue weighted by Crippen LogP contribution is 2.65. The third-order valence-electron chi connectivity index (χ3n) is 9.89. The van der Waals surface area contributed by atoms with Crippen LogP contribution in [0.5, 0.6) is 0 Å². The predicted octanol–water partition coefficient (Wildman–Crippen LogP) is 5.87. The molecule has 202 valence electrons. The molecule has 2 heterocycles. The van der Waals surface area contributed by atoms with Gasteiger partial charge in [-0.15, -0.1) is 0 Å². The fourth-order valence-electron chi connectivity index (χ4n) is 7.19. The van der Waals surface area contributed by atoms with Gasteiger partial charge in [0.15, 0.2) is 0 Å². The zero-order valence-corrected chi connectivity index (χ0v) is 23.5. The summed E-state index contributed by atoms with van der Waals surface area (Å²) < 4.78 is 7.81. The van der Waals surface area contributed by atoms with E-state index in [1.54, 1.807) is 4.90 Å². The van der Waals surface area contributed by atoms with Crippen molar-refractivity contribution in [3.8, 4) is 0 Å². The van der Waals surface area contributed by atoms with Crippen LogP contribution in [0.25, 0.3) is 11.0 Å². The van der Waals surface area contributed by atoms with Crippen molar-refractivity contribution in [3.05, 3.63) is 30.1 Å². The number of hydrogen-bond acceptors (Lipinski definition) is 4. The maximum absolute atomic E-state index is 13.2. The monoisotopic (exact) mass is 508 g/mol. The van der Waals surface area contributed by atoms with Crippen LogP contribution in [0.1, 0.15) is 91.8 Å². The van der Waals surface area contributed by atoms with E-state index in [0.29, 0.717) is 32.0 Å². The zero-order valence-electron chi connectivity index (χ0n) is 23.5. The van der Waals surface area contributed by atoms with E-state index in [9.17, 15) is 9.59 Å². The number of aryl methyl sites for hydroxylation is 1. The molecule has 0 radical (unpaired) electrons. The van der Waals surface area contributed by atoms with Crippen molar-refractivity contribution in [2.24, 2.45) is 16.7 Å². The van der Waals surface area contributed by atoms with Gasteiger partial charge in [-0.1, -0.05) is 32.9 Å². The number of piperidine rings is 1. The predicted molar refractivity (Wildman–Crippen MR) is 145 cm³/mol. The Balaban J connectivity index is 1.26. The molecule has 1 saturated heterocycles. The van der Waals surface area contributed by atoms with Gasteiger partial charge in [0.2, 0.25) is 5.91 Å². The highest BCUT2D eigenvalue weighted by molar-refractivity contribution is 5.78. The summed E-state index contributed by atoms with van der Waals surface area (Å²) >= 11 is 0. The summed E-state index contributed by atoms with van der Waals surface area (Å²) in [6.07, 6.45) is 5.47. The van der Waals surface area contributed by atoms with Crippen LogP contribution in [-0.4, -0.2) is 51.2 Å². The number of fused-ring (bicyclic) bond motifs is 3. The van der Waals surface area contributed by atoms with E-state index in [1.165, 1.54) is 12.8 Å². The van der Waals surface area contributed by atoms with Gasteiger partial charge in [0.1, 0.15) is 11.4 Å². The fourth-order valence-corrected chi connectivity index (χ4v) is 7.19. The minimum absolute atomic E-state index is 0.137. The van der Waals surface area contributed by atoms with Gasteiger partial charge in [-0.2, -0.15) is 0 Å². The van der Waals surface area contributed by atoms with Gasteiger partial charge in [-0.3, -0.25) is 4.79 Å². The van der Waals surface area contributed by atoms with Crippen LogP contribution in [0.15, 0.2) is 24.3 Å². The van der Waals surface area contributed by atoms with Crippen molar-refractivity contribution in [3.63, 3.8) is 0 Å². The van der Waals surface area contributed by atoms with Gasteiger partial charge in [0.25, 0.3) is 0 Å². The Morgan fingerprint density at radius 1 is 1.11 bits per heavy atom. The summed E-state index contributed by atoms with van der Waals surface area (Å²) in [7, 11) is 0. The fraction of sp³-hybridized carbons (Fsp3) is 0.700. The molecular formula is C30H44N4O3. The molecule has 2 bridgehead atoms. The molecule has 7 heteroatoms. The van der Waals surface area contributed by atoms with Crippen LogP contribution < -0.4 is 5.32 Å². The number of nitrogens with one attached hydrogen (secondary N) is 1. The molecule has 2 aromatic rings. The first-order chi connectivity index (χ1) is 17.4. The molecular weight excluding hydrogens is 464 g/mol. The summed E-state index contributed by atoms with van der Waals surface area (Å²) in [5.74, 6) is 2.13. The molecule has 1 unspecified atom stereocenters. The number of rotatable bonds is 5. The van der Waals surface area contributed by atoms with Gasteiger partial charge in [-0.05, 0) is 81.8 Å². The second kappa shape index (κ2) is 9.32. The van der Waals surface area contributed by atoms with Crippen molar-refractivity contribution in [1.29, 1.82) is 0 Å². The number of amides is 2. The highest BCUT2D eigenvalue weighted by atomic mass is 16.6. The standard InChI is InChI=1S/C30H44N4O3/c1-28(2,3)37-27(36)33-16-12-20(13-17-33)26-31-22-9-7-8-10-23(22)34(26)18-14-25(35)32-24-19-21-11-15-30(24,6)29(21,4)5/h7-10,20-21,24H,11-19H2,1-6H3,(H,32,35)/t21?,24-,30+/m0/s1. The van der Waals surface area contributed by atoms with E-state index >= 15 is 0 Å². The third-order valence-corrected chi connectivity index (χ3v) is 9.89. The second-order valence-electron chi connectivity index (χ2n) is 13.3. The lowest BCUT2D eigenvalue weighted by Gasteiger charge is -2.39. The van der Waals surface area contributed by atoms with Crippen molar-refractivity contribution in [2.45, 2.75) is 104 Å². The number of benzene rings is 1. The van der Waals surface area contributed by atoms with Crippen LogP contribution in [0, 0.1) is 16.7 Å². The lowest BCUT2D eigenvalue weighted by Crippen LogP contribution is -2.47. The first kappa shape index (κ1) is 26.1. The summed E-state index contributed by atoms with van der Waals surface area (Å²) in [6.45, 7) is 14.8. The average molecular weight is 509 g/mol. The summed E-state index contributed by atoms with van der Waals surface area (Å²) in [4.78, 5) is 32.5. The number of carbonyl (C=O) groups excluding carboxylic acids is 2. The number of hydrogen-bond donors (Lipinski definition) is 1. The molecule has 3 fully saturated rings. The highest BCUT2D eigenvalue weighted by Gasteiger charge is 2.61. The first-order valence-electron chi connectivity index (χ1n) is 14.1. The molecule has 5 rings (SSSR count). The molecule has 1 aromatic heterocycles. The van der Waals surface area contributed by atoms with E-state index in [4.69, 9.17) is 9.72 Å². The number of para-hydroxylation sites is 2. The van der Waals surface area contributed by atoms with Crippen molar-refractivity contribution < 1.29 is 14.3 Å². The SMILES string of the molecule is CC(C)(C)OC(=O)N1CCC(c2nc3ccccc3n2CCC(=O)N[C@H]2CC3CC[C@@]2(C)C3(C)C)CC1. The molecule has 2 saturated carbocycles. The maximum Gasteiger partial charge on any atom is 0.410 e. The van der Waals surface area contributed by atoms with E-state index in [0.717, 1.165) is 36.1 Å².